The Morgan fingerprint density at radius 2 is 1.96 bits per heavy atom. The van der Waals surface area contributed by atoms with Crippen LogP contribution >= 0.6 is 0 Å². The Bertz CT molecular complexity index is 772. The Morgan fingerprint density at radius 1 is 1.27 bits per heavy atom. The van der Waals surface area contributed by atoms with Crippen LogP contribution in [-0.2, 0) is 0 Å². The van der Waals surface area contributed by atoms with E-state index in [4.69, 9.17) is 5.73 Å². The van der Waals surface area contributed by atoms with Gasteiger partial charge in [-0.1, -0.05) is 13.8 Å². The fourth-order valence-electron chi connectivity index (χ4n) is 2.59. The molecule has 138 valence electrons. The van der Waals surface area contributed by atoms with Gasteiger partial charge in [-0.2, -0.15) is 4.98 Å². The van der Waals surface area contributed by atoms with Crippen molar-refractivity contribution in [2.75, 3.05) is 23.0 Å². The van der Waals surface area contributed by atoms with Gasteiger partial charge in [-0.3, -0.25) is 4.79 Å². The van der Waals surface area contributed by atoms with Crippen molar-refractivity contribution in [1.82, 2.24) is 9.97 Å². The molecule has 3 rings (SSSR count). The molecule has 1 aliphatic rings. The van der Waals surface area contributed by atoms with E-state index in [0.29, 0.717) is 28.9 Å². The molecule has 1 heterocycles. The molecule has 0 saturated heterocycles. The zero-order valence-corrected chi connectivity index (χ0v) is 15.1. The Morgan fingerprint density at radius 3 is 2.54 bits per heavy atom. The predicted molar refractivity (Wildman–Crippen MR) is 102 cm³/mol. The molecule has 7 nitrogen and oxygen atoms in total. The summed E-state index contributed by atoms with van der Waals surface area (Å²) in [5.74, 6) is 1.26. The van der Waals surface area contributed by atoms with Crippen molar-refractivity contribution < 1.29 is 9.90 Å². The quantitative estimate of drug-likeness (QED) is 0.568. The maximum atomic E-state index is 12.4. The number of aliphatic hydroxyl groups is 1. The molecule has 1 amide bonds. The van der Waals surface area contributed by atoms with E-state index in [1.165, 1.54) is 0 Å². The molecule has 5 N–H and O–H groups in total. The first-order valence-corrected chi connectivity index (χ1v) is 8.89. The highest BCUT2D eigenvalue weighted by Crippen LogP contribution is 2.40. The minimum atomic E-state index is -0.251. The van der Waals surface area contributed by atoms with Crippen LogP contribution in [0.3, 0.4) is 0 Å². The summed E-state index contributed by atoms with van der Waals surface area (Å²) >= 11 is 0. The molecule has 1 atom stereocenters. The Labute approximate surface area is 153 Å². The lowest BCUT2D eigenvalue weighted by Crippen LogP contribution is -2.30. The van der Waals surface area contributed by atoms with Gasteiger partial charge in [0.05, 0.1) is 18.3 Å². The maximum Gasteiger partial charge on any atom is 0.256 e. The molecule has 1 saturated carbocycles. The standard InChI is InChI=1S/C19H25N5O2/c1-11(2)16(10-25)22-19-21-15(12-3-4-12)9-17(24-19)23-18(26)13-5-7-14(20)8-6-13/h5-9,11-12,16,25H,3-4,10,20H2,1-2H3,(H2,21,22,23,24,26)/t16-/m1/s1. The van der Waals surface area contributed by atoms with Crippen molar-refractivity contribution in [3.05, 3.63) is 41.6 Å². The third kappa shape index (κ3) is 4.49. The molecule has 1 aromatic carbocycles. The van der Waals surface area contributed by atoms with E-state index in [9.17, 15) is 9.90 Å². The highest BCUT2D eigenvalue weighted by molar-refractivity contribution is 6.04. The number of nitrogen functional groups attached to an aromatic ring is 1. The topological polar surface area (TPSA) is 113 Å². The normalized spacial score (nSPS) is 14.9. The fraction of sp³-hybridized carbons (Fsp3) is 0.421. The van der Waals surface area contributed by atoms with Crippen LogP contribution in [0.5, 0.6) is 0 Å². The minimum Gasteiger partial charge on any atom is -0.399 e. The van der Waals surface area contributed by atoms with Gasteiger partial charge in [0.2, 0.25) is 5.95 Å². The summed E-state index contributed by atoms with van der Waals surface area (Å²) < 4.78 is 0. The van der Waals surface area contributed by atoms with Crippen molar-refractivity contribution >= 4 is 23.4 Å². The van der Waals surface area contributed by atoms with Gasteiger partial charge in [-0.05, 0) is 43.0 Å². The number of benzene rings is 1. The number of amides is 1. The summed E-state index contributed by atoms with van der Waals surface area (Å²) in [5, 5.41) is 15.5. The van der Waals surface area contributed by atoms with Crippen LogP contribution in [0, 0.1) is 5.92 Å². The van der Waals surface area contributed by atoms with Crippen molar-refractivity contribution in [2.45, 2.75) is 38.6 Å². The van der Waals surface area contributed by atoms with Gasteiger partial charge in [-0.25, -0.2) is 4.98 Å². The number of rotatable bonds is 7. The number of nitrogens with one attached hydrogen (secondary N) is 2. The summed E-state index contributed by atoms with van der Waals surface area (Å²) in [4.78, 5) is 21.4. The second kappa shape index (κ2) is 7.70. The van der Waals surface area contributed by atoms with Gasteiger partial charge in [-0.15, -0.1) is 0 Å². The molecule has 7 heteroatoms. The van der Waals surface area contributed by atoms with Gasteiger partial charge in [0.15, 0.2) is 0 Å². The van der Waals surface area contributed by atoms with Crippen molar-refractivity contribution in [1.29, 1.82) is 0 Å². The number of aromatic nitrogens is 2. The van der Waals surface area contributed by atoms with Crippen LogP contribution in [-0.4, -0.2) is 33.6 Å². The van der Waals surface area contributed by atoms with Crippen LogP contribution in [0.4, 0.5) is 17.5 Å². The molecule has 1 fully saturated rings. The molecule has 0 radical (unpaired) electrons. The van der Waals surface area contributed by atoms with E-state index in [1.54, 1.807) is 24.3 Å². The first kappa shape index (κ1) is 18.1. The second-order valence-corrected chi connectivity index (χ2v) is 7.03. The highest BCUT2D eigenvalue weighted by Gasteiger charge is 2.27. The van der Waals surface area contributed by atoms with Gasteiger partial charge >= 0.3 is 0 Å². The lowest BCUT2D eigenvalue weighted by atomic mass is 10.1. The lowest BCUT2D eigenvalue weighted by molar-refractivity contribution is 0.102. The lowest BCUT2D eigenvalue weighted by Gasteiger charge is -2.20. The molecule has 1 aliphatic carbocycles. The molecule has 26 heavy (non-hydrogen) atoms. The molecule has 0 unspecified atom stereocenters. The van der Waals surface area contributed by atoms with Crippen LogP contribution < -0.4 is 16.4 Å². The van der Waals surface area contributed by atoms with Crippen LogP contribution in [0.2, 0.25) is 0 Å². The average molecular weight is 355 g/mol. The Balaban J connectivity index is 1.81. The van der Waals surface area contributed by atoms with Crippen molar-refractivity contribution in [2.24, 2.45) is 5.92 Å². The third-order valence-electron chi connectivity index (χ3n) is 4.47. The van der Waals surface area contributed by atoms with E-state index in [-0.39, 0.29) is 24.5 Å². The first-order chi connectivity index (χ1) is 12.5. The smallest absolute Gasteiger partial charge is 0.256 e. The van der Waals surface area contributed by atoms with Gasteiger partial charge in [0.25, 0.3) is 5.91 Å². The molecule has 0 aliphatic heterocycles. The van der Waals surface area contributed by atoms with E-state index < -0.39 is 0 Å². The minimum absolute atomic E-state index is 0.0121. The largest absolute Gasteiger partial charge is 0.399 e. The molecule has 2 aromatic rings. The zero-order chi connectivity index (χ0) is 18.7. The first-order valence-electron chi connectivity index (χ1n) is 8.89. The monoisotopic (exact) mass is 355 g/mol. The van der Waals surface area contributed by atoms with Crippen LogP contribution in [0.25, 0.3) is 0 Å². The second-order valence-electron chi connectivity index (χ2n) is 7.03. The SMILES string of the molecule is CC(C)[C@@H](CO)Nc1nc(NC(=O)c2ccc(N)cc2)cc(C2CC2)n1. The van der Waals surface area contributed by atoms with Crippen molar-refractivity contribution in [3.63, 3.8) is 0 Å². The Hall–Kier alpha value is -2.67. The molecule has 1 aromatic heterocycles. The number of aliphatic hydroxyl groups excluding tert-OH is 1. The van der Waals surface area contributed by atoms with Crippen LogP contribution in [0.1, 0.15) is 48.7 Å². The summed E-state index contributed by atoms with van der Waals surface area (Å²) in [7, 11) is 0. The molecular formula is C19H25N5O2. The summed E-state index contributed by atoms with van der Waals surface area (Å²) in [6, 6.07) is 8.39. The van der Waals surface area contributed by atoms with Gasteiger partial charge in [0.1, 0.15) is 5.82 Å². The molecular weight excluding hydrogens is 330 g/mol. The predicted octanol–water partition coefficient (Wildman–Crippen LogP) is 2.62. The Kier molecular flexibility index (Phi) is 5.37. The number of carbonyl (C=O) groups is 1. The molecule has 0 bridgehead atoms. The van der Waals surface area contributed by atoms with Crippen molar-refractivity contribution in [3.8, 4) is 0 Å². The zero-order valence-electron chi connectivity index (χ0n) is 15.1. The fourth-order valence-corrected chi connectivity index (χ4v) is 2.59. The number of hydrogen-bond acceptors (Lipinski definition) is 6. The van der Waals surface area contributed by atoms with Gasteiger partial charge in [0, 0.05) is 23.2 Å². The average Bonchev–Trinajstić information content (AvgIpc) is 3.45. The number of anilines is 3. The van der Waals surface area contributed by atoms with E-state index in [1.807, 2.05) is 19.9 Å². The number of carbonyl (C=O) groups excluding carboxylic acids is 1. The summed E-state index contributed by atoms with van der Waals surface area (Å²) in [6.07, 6.45) is 2.19. The van der Waals surface area contributed by atoms with Gasteiger partial charge < -0.3 is 21.5 Å². The van der Waals surface area contributed by atoms with Crippen LogP contribution in [0.15, 0.2) is 30.3 Å². The summed E-state index contributed by atoms with van der Waals surface area (Å²) in [5.41, 5.74) is 7.69. The number of nitrogens with two attached hydrogens (primary N) is 1. The van der Waals surface area contributed by atoms with E-state index in [0.717, 1.165) is 18.5 Å². The maximum absolute atomic E-state index is 12.4. The third-order valence-corrected chi connectivity index (χ3v) is 4.47. The number of nitrogens with zero attached hydrogens (tertiary/aromatic N) is 2. The summed E-state index contributed by atoms with van der Waals surface area (Å²) in [6.45, 7) is 4.02. The van der Waals surface area contributed by atoms with E-state index >= 15 is 0 Å². The van der Waals surface area contributed by atoms with E-state index in [2.05, 4.69) is 20.6 Å². The highest BCUT2D eigenvalue weighted by atomic mass is 16.3. The molecule has 0 spiro atoms. The number of hydrogen-bond donors (Lipinski definition) is 4.